The number of carbonyl (C=O) groups is 2. The minimum atomic E-state index is -0.551. The van der Waals surface area contributed by atoms with E-state index >= 15 is 0 Å². The third-order valence-corrected chi connectivity index (χ3v) is 3.90. The van der Waals surface area contributed by atoms with E-state index in [-0.39, 0.29) is 23.8 Å². The molecule has 0 aliphatic heterocycles. The lowest BCUT2D eigenvalue weighted by Crippen LogP contribution is -2.39. The highest BCUT2D eigenvalue weighted by molar-refractivity contribution is 5.80. The van der Waals surface area contributed by atoms with Crippen LogP contribution in [0.25, 0.3) is 0 Å². The van der Waals surface area contributed by atoms with E-state index in [0.29, 0.717) is 6.42 Å². The number of amides is 2. The predicted octanol–water partition coefficient (Wildman–Crippen LogP) is 3.47. The van der Waals surface area contributed by atoms with Gasteiger partial charge in [-0.25, -0.2) is 4.79 Å². The fraction of sp³-hybridized carbons (Fsp3) is 0.579. The van der Waals surface area contributed by atoms with Gasteiger partial charge in [0.2, 0.25) is 5.91 Å². The molecule has 0 aromatic heterocycles. The first-order chi connectivity index (χ1) is 11.0. The van der Waals surface area contributed by atoms with Gasteiger partial charge >= 0.3 is 6.09 Å². The smallest absolute Gasteiger partial charge is 0.408 e. The van der Waals surface area contributed by atoms with Crippen LogP contribution in [0.4, 0.5) is 4.79 Å². The van der Waals surface area contributed by atoms with Gasteiger partial charge in [0.05, 0.1) is 6.04 Å². The van der Waals surface area contributed by atoms with Gasteiger partial charge in [0.1, 0.15) is 5.60 Å². The average molecular weight is 334 g/mol. The summed E-state index contributed by atoms with van der Waals surface area (Å²) < 4.78 is 5.31. The van der Waals surface area contributed by atoms with Gasteiger partial charge in [-0.15, -0.1) is 0 Å². The number of rotatable bonds is 7. The second-order valence-electron chi connectivity index (χ2n) is 7.32. The van der Waals surface area contributed by atoms with Crippen molar-refractivity contribution < 1.29 is 14.3 Å². The largest absolute Gasteiger partial charge is 0.444 e. The van der Waals surface area contributed by atoms with E-state index in [2.05, 4.69) is 11.9 Å². The maximum absolute atomic E-state index is 12.0. The Morgan fingerprint density at radius 1 is 1.38 bits per heavy atom. The zero-order valence-corrected chi connectivity index (χ0v) is 15.4. The summed E-state index contributed by atoms with van der Waals surface area (Å²) in [7, 11) is 0. The van der Waals surface area contributed by atoms with Crippen LogP contribution < -0.4 is 11.1 Å². The minimum Gasteiger partial charge on any atom is -0.444 e. The van der Waals surface area contributed by atoms with E-state index in [1.165, 1.54) is 0 Å². The van der Waals surface area contributed by atoms with Gasteiger partial charge < -0.3 is 15.8 Å². The van der Waals surface area contributed by atoms with Crippen LogP contribution in [0, 0.1) is 11.8 Å². The number of carbonyl (C=O) groups excluding carboxylic acids is 2. The first-order valence-corrected chi connectivity index (χ1v) is 8.32. The molecule has 0 saturated heterocycles. The van der Waals surface area contributed by atoms with Crippen molar-refractivity contribution in [3.8, 4) is 0 Å². The van der Waals surface area contributed by atoms with Crippen molar-refractivity contribution in [1.29, 1.82) is 0 Å². The monoisotopic (exact) mass is 334 g/mol. The third kappa shape index (κ3) is 6.60. The summed E-state index contributed by atoms with van der Waals surface area (Å²) >= 11 is 0. The summed E-state index contributed by atoms with van der Waals surface area (Å²) in [4.78, 5) is 23.2. The number of allylic oxidation sites excluding steroid dienone is 2. The quantitative estimate of drug-likeness (QED) is 0.552. The molecule has 3 atom stereocenters. The van der Waals surface area contributed by atoms with Gasteiger partial charge in [0.15, 0.2) is 0 Å². The van der Waals surface area contributed by atoms with Gasteiger partial charge in [-0.05, 0) is 59.0 Å². The summed E-state index contributed by atoms with van der Waals surface area (Å²) in [5.74, 6) is -0.124. The van der Waals surface area contributed by atoms with Crippen LogP contribution in [0.5, 0.6) is 0 Å². The van der Waals surface area contributed by atoms with Crippen molar-refractivity contribution in [1.82, 2.24) is 5.32 Å². The van der Waals surface area contributed by atoms with Crippen LogP contribution in [0.1, 0.15) is 47.5 Å². The summed E-state index contributed by atoms with van der Waals surface area (Å²) in [6.07, 6.45) is 6.80. The zero-order chi connectivity index (χ0) is 18.5. The molecule has 5 heteroatoms. The van der Waals surface area contributed by atoms with Crippen molar-refractivity contribution in [2.24, 2.45) is 17.6 Å². The highest BCUT2D eigenvalue weighted by Crippen LogP contribution is 2.44. The fourth-order valence-corrected chi connectivity index (χ4v) is 2.54. The molecule has 1 rings (SSSR count). The normalized spacial score (nSPS) is 22.1. The Labute approximate surface area is 145 Å². The summed E-state index contributed by atoms with van der Waals surface area (Å²) in [5, 5.41) is 2.86. The van der Waals surface area contributed by atoms with Crippen LogP contribution in [-0.2, 0) is 9.53 Å². The second-order valence-corrected chi connectivity index (χ2v) is 7.32. The Balaban J connectivity index is 2.74. The molecular weight excluding hydrogens is 304 g/mol. The molecule has 2 amide bonds. The van der Waals surface area contributed by atoms with Gasteiger partial charge in [0.25, 0.3) is 0 Å². The van der Waals surface area contributed by atoms with Crippen LogP contribution in [-0.4, -0.2) is 23.6 Å². The Bertz CT molecular complexity index is 555. The first-order valence-electron chi connectivity index (χ1n) is 8.32. The van der Waals surface area contributed by atoms with Crippen molar-refractivity contribution in [3.05, 3.63) is 36.0 Å². The molecule has 0 bridgehead atoms. The van der Waals surface area contributed by atoms with Gasteiger partial charge in [0, 0.05) is 5.92 Å². The molecule has 0 heterocycles. The van der Waals surface area contributed by atoms with Gasteiger partial charge in [-0.3, -0.25) is 4.79 Å². The lowest BCUT2D eigenvalue weighted by atomic mass is 10.0. The van der Waals surface area contributed by atoms with Crippen molar-refractivity contribution in [3.63, 3.8) is 0 Å². The van der Waals surface area contributed by atoms with Gasteiger partial charge in [-0.1, -0.05) is 30.4 Å². The third-order valence-electron chi connectivity index (χ3n) is 3.90. The summed E-state index contributed by atoms with van der Waals surface area (Å²) in [6, 6.07) is -0.253. The molecule has 24 heavy (non-hydrogen) atoms. The number of ether oxygens (including phenoxy) is 1. The minimum absolute atomic E-state index is 0.0677. The molecule has 5 nitrogen and oxygen atoms in total. The fourth-order valence-electron chi connectivity index (χ4n) is 2.54. The predicted molar refractivity (Wildman–Crippen MR) is 96.3 cm³/mol. The van der Waals surface area contributed by atoms with Crippen LogP contribution in [0.3, 0.4) is 0 Å². The Morgan fingerprint density at radius 2 is 2.00 bits per heavy atom. The highest BCUT2D eigenvalue weighted by Gasteiger charge is 2.42. The molecule has 0 aromatic carbocycles. The summed E-state index contributed by atoms with van der Waals surface area (Å²) in [5.41, 5.74) is 6.64. The van der Waals surface area contributed by atoms with E-state index in [4.69, 9.17) is 10.5 Å². The van der Waals surface area contributed by atoms with Crippen LogP contribution >= 0.6 is 0 Å². The molecular formula is C19H30N2O3. The number of primary amides is 1. The average Bonchev–Trinajstić information content (AvgIpc) is 3.21. The maximum Gasteiger partial charge on any atom is 0.408 e. The summed E-state index contributed by atoms with van der Waals surface area (Å²) in [6.45, 7) is 13.4. The number of hydrogen-bond donors (Lipinski definition) is 2. The molecule has 1 saturated carbocycles. The molecule has 1 fully saturated rings. The number of nitrogens with two attached hydrogens (primary N) is 1. The molecule has 0 radical (unpaired) electrons. The van der Waals surface area contributed by atoms with Gasteiger partial charge in [-0.2, -0.15) is 0 Å². The van der Waals surface area contributed by atoms with E-state index in [9.17, 15) is 9.59 Å². The lowest BCUT2D eigenvalue weighted by molar-refractivity contribution is -0.119. The first kappa shape index (κ1) is 20.0. The Kier molecular flexibility index (Phi) is 6.81. The Hall–Kier alpha value is -2.04. The number of alkyl carbamates (subject to hydrolysis) is 1. The van der Waals surface area contributed by atoms with E-state index in [1.54, 1.807) is 0 Å². The number of hydrogen-bond acceptors (Lipinski definition) is 3. The topological polar surface area (TPSA) is 81.4 Å². The van der Waals surface area contributed by atoms with Crippen molar-refractivity contribution in [2.45, 2.75) is 59.1 Å². The number of nitrogens with one attached hydrogen (secondary N) is 1. The zero-order valence-electron chi connectivity index (χ0n) is 15.4. The standard InChI is InChI=1S/C19H30N2O3/c1-7-8-9-16(21-18(23)24-19(4,5)6)13(3)10-12(2)14-11-15(14)17(20)22/h7-8,10,14-16H,3,9,11H2,1-2,4-6H3,(H2,20,22)(H,21,23)/b8-7+,12-10+/t14-,15-,16+/m1/s1. The SMILES string of the molecule is C=C(/C=C(\C)[C@H]1C[C@H]1C(N)=O)[C@H](C/C=C/C)NC(=O)OC(C)(C)C. The van der Waals surface area contributed by atoms with Crippen LogP contribution in [0.15, 0.2) is 36.0 Å². The van der Waals surface area contributed by atoms with E-state index in [1.807, 2.05) is 52.8 Å². The maximum atomic E-state index is 12.0. The molecule has 1 aliphatic carbocycles. The molecule has 0 spiro atoms. The van der Waals surface area contributed by atoms with E-state index < -0.39 is 11.7 Å². The molecule has 1 aliphatic rings. The van der Waals surface area contributed by atoms with Crippen molar-refractivity contribution >= 4 is 12.0 Å². The Morgan fingerprint density at radius 3 is 2.46 bits per heavy atom. The van der Waals surface area contributed by atoms with Crippen LogP contribution in [0.2, 0.25) is 0 Å². The molecule has 0 aromatic rings. The highest BCUT2D eigenvalue weighted by atomic mass is 16.6. The van der Waals surface area contributed by atoms with E-state index in [0.717, 1.165) is 17.6 Å². The molecule has 134 valence electrons. The molecule has 3 N–H and O–H groups in total. The van der Waals surface area contributed by atoms with Crippen molar-refractivity contribution in [2.75, 3.05) is 0 Å². The lowest BCUT2D eigenvalue weighted by Gasteiger charge is -2.23. The second kappa shape index (κ2) is 8.18. The molecule has 0 unspecified atom stereocenters.